The van der Waals surface area contributed by atoms with Gasteiger partial charge in [0.25, 0.3) is 0 Å². The number of nitrogens with zero attached hydrogens (tertiary/aromatic N) is 1. The van der Waals surface area contributed by atoms with Gasteiger partial charge >= 0.3 is 0 Å². The highest BCUT2D eigenvalue weighted by atomic mass is 79.9. The van der Waals surface area contributed by atoms with Gasteiger partial charge in [-0.15, -0.1) is 11.3 Å². The number of thiazole rings is 1. The molecule has 3 aromatic rings. The van der Waals surface area contributed by atoms with Crippen LogP contribution >= 0.6 is 27.3 Å². The molecule has 0 saturated carbocycles. The fourth-order valence-electron chi connectivity index (χ4n) is 2.11. The Morgan fingerprint density at radius 1 is 1.15 bits per heavy atom. The summed E-state index contributed by atoms with van der Waals surface area (Å²) >= 11 is 5.22. The highest BCUT2D eigenvalue weighted by Crippen LogP contribution is 2.22. The highest BCUT2D eigenvalue weighted by Gasteiger charge is 2.07. The number of hydrogen-bond donors (Lipinski definition) is 1. The van der Waals surface area contributed by atoms with Crippen molar-refractivity contribution in [1.82, 2.24) is 10.3 Å². The Labute approximate surface area is 131 Å². The van der Waals surface area contributed by atoms with E-state index in [2.05, 4.69) is 75.6 Å². The fourth-order valence-corrected chi connectivity index (χ4v) is 3.29. The second-order valence-electron chi connectivity index (χ2n) is 4.73. The van der Waals surface area contributed by atoms with Gasteiger partial charge in [-0.05, 0) is 36.8 Å². The van der Waals surface area contributed by atoms with E-state index in [0.717, 1.165) is 21.5 Å². The van der Waals surface area contributed by atoms with E-state index in [1.165, 1.54) is 10.3 Å². The fraction of sp³-hybridized carbons (Fsp3) is 0.188. The molecule has 4 heteroatoms. The molecular weight excluding hydrogens is 332 g/mol. The molecule has 0 radical (unpaired) electrons. The van der Waals surface area contributed by atoms with Gasteiger partial charge in [0.15, 0.2) is 0 Å². The second-order valence-corrected chi connectivity index (χ2v) is 6.76. The molecule has 0 saturated heterocycles. The standard InChI is InChI=1S/C16H15BrN2S/c1-11(12-6-8-13(17)9-7-12)18-10-16-19-14-4-2-3-5-15(14)20-16/h2-9,11,18H,10H2,1H3. The Bertz CT molecular complexity index is 673. The third-order valence-electron chi connectivity index (χ3n) is 3.27. The van der Waals surface area contributed by atoms with E-state index in [1.54, 1.807) is 11.3 Å². The number of aromatic nitrogens is 1. The summed E-state index contributed by atoms with van der Waals surface area (Å²) in [5, 5.41) is 4.66. The predicted octanol–water partition coefficient (Wildman–Crippen LogP) is 4.91. The largest absolute Gasteiger partial charge is 0.304 e. The average Bonchev–Trinajstić information content (AvgIpc) is 2.88. The first kappa shape index (κ1) is 13.7. The SMILES string of the molecule is CC(NCc1nc2ccccc2s1)c1ccc(Br)cc1. The zero-order valence-corrected chi connectivity index (χ0v) is 13.5. The van der Waals surface area contributed by atoms with Gasteiger partial charge < -0.3 is 5.32 Å². The maximum absolute atomic E-state index is 4.64. The predicted molar refractivity (Wildman–Crippen MR) is 89.0 cm³/mol. The van der Waals surface area contributed by atoms with Crippen molar-refractivity contribution in [3.8, 4) is 0 Å². The Balaban J connectivity index is 1.68. The molecule has 3 rings (SSSR count). The van der Waals surface area contributed by atoms with Crippen LogP contribution in [0.4, 0.5) is 0 Å². The van der Waals surface area contributed by atoms with Crippen LogP contribution < -0.4 is 5.32 Å². The first-order chi connectivity index (χ1) is 9.72. The lowest BCUT2D eigenvalue weighted by atomic mass is 10.1. The number of fused-ring (bicyclic) bond motifs is 1. The van der Waals surface area contributed by atoms with Crippen LogP contribution in [0.1, 0.15) is 23.5 Å². The topological polar surface area (TPSA) is 24.9 Å². The number of benzene rings is 2. The molecule has 0 aliphatic carbocycles. The normalized spacial score (nSPS) is 12.7. The zero-order valence-electron chi connectivity index (χ0n) is 11.1. The van der Waals surface area contributed by atoms with Crippen molar-refractivity contribution in [2.45, 2.75) is 19.5 Å². The third kappa shape index (κ3) is 3.08. The molecule has 1 N–H and O–H groups in total. The molecule has 20 heavy (non-hydrogen) atoms. The molecule has 0 amide bonds. The molecule has 0 fully saturated rings. The molecule has 0 spiro atoms. The minimum Gasteiger partial charge on any atom is -0.304 e. The first-order valence-electron chi connectivity index (χ1n) is 6.55. The van der Waals surface area contributed by atoms with E-state index < -0.39 is 0 Å². The number of halogens is 1. The number of para-hydroxylation sites is 1. The molecule has 2 nitrogen and oxygen atoms in total. The van der Waals surface area contributed by atoms with Crippen molar-refractivity contribution in [3.63, 3.8) is 0 Å². The van der Waals surface area contributed by atoms with E-state index in [4.69, 9.17) is 0 Å². The highest BCUT2D eigenvalue weighted by molar-refractivity contribution is 9.10. The van der Waals surface area contributed by atoms with Crippen molar-refractivity contribution in [2.75, 3.05) is 0 Å². The van der Waals surface area contributed by atoms with E-state index in [-0.39, 0.29) is 0 Å². The van der Waals surface area contributed by atoms with Gasteiger partial charge in [0.2, 0.25) is 0 Å². The maximum atomic E-state index is 4.64. The monoisotopic (exact) mass is 346 g/mol. The zero-order chi connectivity index (χ0) is 13.9. The van der Waals surface area contributed by atoms with E-state index in [1.807, 2.05) is 6.07 Å². The van der Waals surface area contributed by atoms with Crippen molar-refractivity contribution in [2.24, 2.45) is 0 Å². The lowest BCUT2D eigenvalue weighted by Gasteiger charge is -2.13. The quantitative estimate of drug-likeness (QED) is 0.725. The number of rotatable bonds is 4. The van der Waals surface area contributed by atoms with Crippen LogP contribution in [0.25, 0.3) is 10.2 Å². The Kier molecular flexibility index (Phi) is 4.15. The van der Waals surface area contributed by atoms with Crippen LogP contribution in [-0.2, 0) is 6.54 Å². The van der Waals surface area contributed by atoms with Gasteiger partial charge in [0, 0.05) is 17.1 Å². The summed E-state index contributed by atoms with van der Waals surface area (Å²) in [6.45, 7) is 2.98. The van der Waals surface area contributed by atoms with Crippen LogP contribution in [0.2, 0.25) is 0 Å². The van der Waals surface area contributed by atoms with Crippen LogP contribution in [0, 0.1) is 0 Å². The summed E-state index contributed by atoms with van der Waals surface area (Å²) in [5.41, 5.74) is 2.37. The number of nitrogens with one attached hydrogen (secondary N) is 1. The van der Waals surface area contributed by atoms with Crippen LogP contribution in [-0.4, -0.2) is 4.98 Å². The van der Waals surface area contributed by atoms with Crippen LogP contribution in [0.5, 0.6) is 0 Å². The third-order valence-corrected chi connectivity index (χ3v) is 4.83. The molecule has 0 bridgehead atoms. The Morgan fingerprint density at radius 2 is 1.90 bits per heavy atom. The molecule has 0 aliphatic heterocycles. The van der Waals surface area contributed by atoms with Gasteiger partial charge in [-0.2, -0.15) is 0 Å². The van der Waals surface area contributed by atoms with Crippen molar-refractivity contribution in [1.29, 1.82) is 0 Å². The summed E-state index contributed by atoms with van der Waals surface area (Å²) in [6, 6.07) is 17.0. The Morgan fingerprint density at radius 3 is 2.65 bits per heavy atom. The second kappa shape index (κ2) is 6.04. The van der Waals surface area contributed by atoms with E-state index >= 15 is 0 Å². The molecule has 102 valence electrons. The van der Waals surface area contributed by atoms with Gasteiger partial charge in [-0.1, -0.05) is 40.2 Å². The molecule has 1 heterocycles. The molecular formula is C16H15BrN2S. The summed E-state index contributed by atoms with van der Waals surface area (Å²) in [4.78, 5) is 4.64. The van der Waals surface area contributed by atoms with Crippen molar-refractivity contribution in [3.05, 3.63) is 63.6 Å². The Hall–Kier alpha value is -1.23. The van der Waals surface area contributed by atoms with E-state index in [9.17, 15) is 0 Å². The van der Waals surface area contributed by atoms with Crippen LogP contribution in [0.15, 0.2) is 53.0 Å². The van der Waals surface area contributed by atoms with Gasteiger partial charge in [0.05, 0.1) is 10.2 Å². The number of hydrogen-bond acceptors (Lipinski definition) is 3. The van der Waals surface area contributed by atoms with Gasteiger partial charge in [-0.25, -0.2) is 4.98 Å². The molecule has 2 aromatic carbocycles. The van der Waals surface area contributed by atoms with Crippen molar-refractivity contribution < 1.29 is 0 Å². The molecule has 1 atom stereocenters. The lowest BCUT2D eigenvalue weighted by molar-refractivity contribution is 0.573. The van der Waals surface area contributed by atoms with Gasteiger partial charge in [-0.3, -0.25) is 0 Å². The van der Waals surface area contributed by atoms with Gasteiger partial charge in [0.1, 0.15) is 5.01 Å². The summed E-state index contributed by atoms with van der Waals surface area (Å²) in [6.07, 6.45) is 0. The molecule has 1 unspecified atom stereocenters. The lowest BCUT2D eigenvalue weighted by Crippen LogP contribution is -2.17. The summed E-state index contributed by atoms with van der Waals surface area (Å²) in [5.74, 6) is 0. The molecule has 0 aliphatic rings. The maximum Gasteiger partial charge on any atom is 0.108 e. The summed E-state index contributed by atoms with van der Waals surface area (Å²) in [7, 11) is 0. The molecule has 1 aromatic heterocycles. The minimum absolute atomic E-state index is 0.315. The average molecular weight is 347 g/mol. The van der Waals surface area contributed by atoms with Crippen LogP contribution in [0.3, 0.4) is 0 Å². The minimum atomic E-state index is 0.315. The van der Waals surface area contributed by atoms with Crippen molar-refractivity contribution >= 4 is 37.5 Å². The summed E-state index contributed by atoms with van der Waals surface area (Å²) < 4.78 is 2.36. The van der Waals surface area contributed by atoms with E-state index in [0.29, 0.717) is 6.04 Å². The smallest absolute Gasteiger partial charge is 0.108 e. The first-order valence-corrected chi connectivity index (χ1v) is 8.16.